The Bertz CT molecular complexity index is 488. The highest BCUT2D eigenvalue weighted by molar-refractivity contribution is 5.94. The van der Waals surface area contributed by atoms with Gasteiger partial charge in [0.1, 0.15) is 0 Å². The van der Waals surface area contributed by atoms with Gasteiger partial charge in [-0.2, -0.15) is 0 Å². The lowest BCUT2D eigenvalue weighted by Gasteiger charge is -2.22. The summed E-state index contributed by atoms with van der Waals surface area (Å²) in [6.07, 6.45) is 4.66. The van der Waals surface area contributed by atoms with Gasteiger partial charge in [-0.3, -0.25) is 4.79 Å². The third-order valence-electron chi connectivity index (χ3n) is 4.88. The fourth-order valence-electron chi connectivity index (χ4n) is 2.91. The van der Waals surface area contributed by atoms with Crippen molar-refractivity contribution in [3.05, 3.63) is 35.4 Å². The predicted molar refractivity (Wildman–Crippen MR) is 112 cm³/mol. The van der Waals surface area contributed by atoms with Crippen molar-refractivity contribution in [3.63, 3.8) is 0 Å². The molecule has 4 heteroatoms. The molecule has 0 saturated carbocycles. The maximum absolute atomic E-state index is 12.2. The first kappa shape index (κ1) is 22.7. The summed E-state index contributed by atoms with van der Waals surface area (Å²) in [4.78, 5) is 12.2. The lowest BCUT2D eigenvalue weighted by Crippen LogP contribution is -2.31. The van der Waals surface area contributed by atoms with Crippen molar-refractivity contribution < 1.29 is 11.0 Å². The highest BCUT2D eigenvalue weighted by atomic mass is 16.5. The number of nitrogens with one attached hydrogen (secondary N) is 2. The Morgan fingerprint density at radius 2 is 1.92 bits per heavy atom. The van der Waals surface area contributed by atoms with Crippen LogP contribution in [0.15, 0.2) is 24.3 Å². The van der Waals surface area contributed by atoms with E-state index < -0.39 is 0 Å². The van der Waals surface area contributed by atoms with Crippen LogP contribution in [0.2, 0.25) is 0 Å². The van der Waals surface area contributed by atoms with Gasteiger partial charge in [0.05, 0.1) is 6.61 Å². The van der Waals surface area contributed by atoms with E-state index in [1.165, 1.54) is 12.8 Å². The Labute approximate surface area is 161 Å². The summed E-state index contributed by atoms with van der Waals surface area (Å²) in [6, 6.07) is 7.75. The topological polar surface area (TPSA) is 50.4 Å². The van der Waals surface area contributed by atoms with Crippen molar-refractivity contribution in [3.8, 4) is 0 Å². The van der Waals surface area contributed by atoms with Gasteiger partial charge in [-0.15, -0.1) is 0 Å². The van der Waals surface area contributed by atoms with Crippen LogP contribution in [0.1, 0.15) is 70.7 Å². The Kier molecular flexibility index (Phi) is 12.0. The maximum atomic E-state index is 12.2. The van der Waals surface area contributed by atoms with Crippen LogP contribution in [0.4, 0.5) is 0 Å². The number of benzene rings is 1. The Hall–Kier alpha value is -1.39. The number of amides is 1. The Morgan fingerprint density at radius 1 is 1.27 bits per heavy atom. The number of carbonyl (C=O) groups excluding carboxylic acids is 1. The molecule has 1 aliphatic heterocycles. The molecule has 1 saturated heterocycles. The van der Waals surface area contributed by atoms with Gasteiger partial charge >= 0.3 is 0 Å². The van der Waals surface area contributed by atoms with Crippen molar-refractivity contribution in [2.24, 2.45) is 11.8 Å². The van der Waals surface area contributed by atoms with Crippen LogP contribution in [0, 0.1) is 11.8 Å². The molecular weight excluding hydrogens is 324 g/mol. The van der Waals surface area contributed by atoms with Crippen molar-refractivity contribution in [1.29, 1.82) is 0 Å². The third kappa shape index (κ3) is 8.81. The van der Waals surface area contributed by atoms with Crippen LogP contribution in [0.25, 0.3) is 0 Å². The lowest BCUT2D eigenvalue weighted by atomic mass is 9.95. The quantitative estimate of drug-likeness (QED) is 0.671. The molecule has 1 atom stereocenters. The second kappa shape index (κ2) is 13.8. The Balaban J connectivity index is 0.00000218. The monoisotopic (exact) mass is 364 g/mol. The van der Waals surface area contributed by atoms with E-state index in [2.05, 4.69) is 24.5 Å². The minimum absolute atomic E-state index is 0. The fraction of sp³-hybridized carbons (Fsp3) is 0.682. The van der Waals surface area contributed by atoms with E-state index in [9.17, 15) is 4.79 Å². The van der Waals surface area contributed by atoms with Gasteiger partial charge < -0.3 is 15.4 Å². The van der Waals surface area contributed by atoms with Crippen LogP contribution >= 0.6 is 0 Å². The van der Waals surface area contributed by atoms with E-state index in [0.29, 0.717) is 12.5 Å². The standard InChI is InChI=1S/C20H32N2O2.C2H6.H2/c1-3-16(2)14-24-15-18-4-6-19(7-5-18)20(23)22-13-10-17-8-11-21-12-9-17;1-2;/h4-7,16-17,21H,3,8-15H2,1-2H3,(H,22,23);1-2H3;1H. The third-order valence-corrected chi connectivity index (χ3v) is 4.88. The van der Waals surface area contributed by atoms with Gasteiger partial charge in [-0.05, 0) is 61.9 Å². The smallest absolute Gasteiger partial charge is 0.251 e. The van der Waals surface area contributed by atoms with Gasteiger partial charge in [0.2, 0.25) is 0 Å². The largest absolute Gasteiger partial charge is 0.376 e. The normalized spacial score (nSPS) is 15.7. The molecule has 0 aliphatic carbocycles. The van der Waals surface area contributed by atoms with E-state index in [-0.39, 0.29) is 7.33 Å². The summed E-state index contributed by atoms with van der Waals surface area (Å²) in [6.45, 7) is 12.8. The van der Waals surface area contributed by atoms with Crippen LogP contribution in [0.5, 0.6) is 0 Å². The van der Waals surface area contributed by atoms with Gasteiger partial charge in [-0.25, -0.2) is 0 Å². The molecule has 1 heterocycles. The number of ether oxygens (including phenoxy) is 1. The first-order chi connectivity index (χ1) is 12.7. The lowest BCUT2D eigenvalue weighted by molar-refractivity contribution is 0.0908. The first-order valence-corrected chi connectivity index (χ1v) is 10.3. The zero-order valence-electron chi connectivity index (χ0n) is 17.1. The average molecular weight is 365 g/mol. The molecule has 0 aromatic heterocycles. The molecule has 0 bridgehead atoms. The molecule has 4 nitrogen and oxygen atoms in total. The van der Waals surface area contributed by atoms with Gasteiger partial charge in [0.25, 0.3) is 5.91 Å². The zero-order chi connectivity index (χ0) is 19.2. The second-order valence-electron chi connectivity index (χ2n) is 6.96. The molecule has 150 valence electrons. The van der Waals surface area contributed by atoms with Crippen LogP contribution in [-0.2, 0) is 11.3 Å². The van der Waals surface area contributed by atoms with Crippen LogP contribution < -0.4 is 10.6 Å². The number of hydrogen-bond donors (Lipinski definition) is 2. The summed E-state index contributed by atoms with van der Waals surface area (Å²) >= 11 is 0. The maximum Gasteiger partial charge on any atom is 0.251 e. The fourth-order valence-corrected chi connectivity index (χ4v) is 2.91. The van der Waals surface area contributed by atoms with Crippen molar-refractivity contribution in [2.75, 3.05) is 26.2 Å². The molecule has 26 heavy (non-hydrogen) atoms. The van der Waals surface area contributed by atoms with E-state index in [0.717, 1.165) is 56.1 Å². The van der Waals surface area contributed by atoms with Crippen LogP contribution in [0.3, 0.4) is 0 Å². The van der Waals surface area contributed by atoms with E-state index in [1.807, 2.05) is 38.1 Å². The molecule has 2 N–H and O–H groups in total. The molecule has 1 aliphatic rings. The van der Waals surface area contributed by atoms with Gasteiger partial charge in [0.15, 0.2) is 0 Å². The molecule has 1 aromatic carbocycles. The van der Waals surface area contributed by atoms with E-state index >= 15 is 0 Å². The van der Waals surface area contributed by atoms with Crippen molar-refractivity contribution in [2.45, 2.75) is 60.0 Å². The molecule has 1 unspecified atom stereocenters. The van der Waals surface area contributed by atoms with Crippen LogP contribution in [-0.4, -0.2) is 32.1 Å². The minimum Gasteiger partial charge on any atom is -0.376 e. The molecule has 1 amide bonds. The molecule has 0 radical (unpaired) electrons. The SMILES string of the molecule is CC.CCC(C)COCc1ccc(C(=O)NCCC2CCNCC2)cc1.[HH]. The summed E-state index contributed by atoms with van der Waals surface area (Å²) in [5.74, 6) is 1.36. The zero-order valence-corrected chi connectivity index (χ0v) is 17.1. The highest BCUT2D eigenvalue weighted by Gasteiger charge is 2.13. The summed E-state index contributed by atoms with van der Waals surface area (Å²) in [5.41, 5.74) is 1.84. The molecule has 2 rings (SSSR count). The minimum atomic E-state index is 0. The number of rotatable bonds is 9. The van der Waals surface area contributed by atoms with E-state index in [4.69, 9.17) is 4.74 Å². The second-order valence-corrected chi connectivity index (χ2v) is 6.96. The summed E-state index contributed by atoms with van der Waals surface area (Å²) in [7, 11) is 0. The molecule has 1 aromatic rings. The summed E-state index contributed by atoms with van der Waals surface area (Å²) < 4.78 is 5.70. The van der Waals surface area contributed by atoms with E-state index in [1.54, 1.807) is 0 Å². The number of piperidine rings is 1. The number of carbonyl (C=O) groups is 1. The average Bonchev–Trinajstić information content (AvgIpc) is 2.70. The molecule has 1 fully saturated rings. The van der Waals surface area contributed by atoms with Gasteiger partial charge in [0, 0.05) is 20.1 Å². The molecule has 0 spiro atoms. The predicted octanol–water partition coefficient (Wildman–Crippen LogP) is 4.64. The highest BCUT2D eigenvalue weighted by Crippen LogP contribution is 2.15. The first-order valence-electron chi connectivity index (χ1n) is 10.3. The van der Waals surface area contributed by atoms with Crippen molar-refractivity contribution >= 4 is 5.91 Å². The van der Waals surface area contributed by atoms with Gasteiger partial charge in [-0.1, -0.05) is 46.2 Å². The van der Waals surface area contributed by atoms with Crippen molar-refractivity contribution in [1.82, 2.24) is 10.6 Å². The molecular formula is C22H40N2O2. The number of hydrogen-bond acceptors (Lipinski definition) is 3. The Morgan fingerprint density at radius 3 is 2.54 bits per heavy atom. The summed E-state index contributed by atoms with van der Waals surface area (Å²) in [5, 5.41) is 6.41.